The minimum absolute atomic E-state index is 0.0167. The molecule has 17 heteroatoms. The van der Waals surface area contributed by atoms with Crippen LogP contribution in [0.25, 0.3) is 11.6 Å². The number of anilines is 1. The van der Waals surface area contributed by atoms with Crippen molar-refractivity contribution in [3.63, 3.8) is 0 Å². The molecular formula is C23H24F9N5O3. The molecule has 4 bridgehead atoms. The van der Waals surface area contributed by atoms with E-state index < -0.39 is 82.8 Å². The molecule has 1 aliphatic carbocycles. The number of aromatic nitrogens is 3. The van der Waals surface area contributed by atoms with Gasteiger partial charge < -0.3 is 20.2 Å². The van der Waals surface area contributed by atoms with E-state index in [1.165, 1.54) is 0 Å². The summed E-state index contributed by atoms with van der Waals surface area (Å²) in [6.07, 6.45) is -17.1. The van der Waals surface area contributed by atoms with Gasteiger partial charge in [0.1, 0.15) is 5.69 Å². The molecule has 40 heavy (non-hydrogen) atoms. The number of nitrogens with zero attached hydrogens (tertiary/aromatic N) is 4. The molecule has 8 nitrogen and oxygen atoms in total. The van der Waals surface area contributed by atoms with E-state index in [1.54, 1.807) is 0 Å². The fourth-order valence-corrected chi connectivity index (χ4v) is 5.08. The number of carbonyl (C=O) groups excluding carboxylic acids is 1. The van der Waals surface area contributed by atoms with Gasteiger partial charge in [0.05, 0.1) is 17.2 Å². The van der Waals surface area contributed by atoms with E-state index in [-0.39, 0.29) is 51.5 Å². The Hall–Kier alpha value is -3.11. The molecule has 2 aliphatic rings. The average Bonchev–Trinajstić information content (AvgIpc) is 3.34. The zero-order valence-corrected chi connectivity index (χ0v) is 20.6. The lowest BCUT2D eigenvalue weighted by Crippen LogP contribution is -2.45. The lowest BCUT2D eigenvalue weighted by Gasteiger charge is -2.37. The molecule has 1 fully saturated rings. The first-order chi connectivity index (χ1) is 18.4. The Morgan fingerprint density at radius 1 is 0.950 bits per heavy atom. The Morgan fingerprint density at radius 2 is 1.60 bits per heavy atom. The average molecular weight is 589 g/mol. The maximum Gasteiger partial charge on any atom is 0.426 e. The van der Waals surface area contributed by atoms with Crippen LogP contribution in [0, 0.1) is 5.92 Å². The van der Waals surface area contributed by atoms with Gasteiger partial charge in [-0.2, -0.15) is 39.5 Å². The quantitative estimate of drug-likeness (QED) is 0.415. The highest BCUT2D eigenvalue weighted by Crippen LogP contribution is 2.44. The molecule has 0 saturated heterocycles. The number of pyridine rings is 1. The van der Waals surface area contributed by atoms with Gasteiger partial charge in [0.15, 0.2) is 5.69 Å². The van der Waals surface area contributed by atoms with Crippen LogP contribution in [0.1, 0.15) is 73.3 Å². The van der Waals surface area contributed by atoms with Crippen LogP contribution < -0.4 is 5.73 Å². The molecule has 4 rings (SSSR count). The maximum absolute atomic E-state index is 14.0. The molecule has 1 atom stereocenters. The standard InChI is InChI=1S/C23H24F9N5O3/c24-21(25,26)11-4-6-12(7-5-11)37-9-3-1-2-8-20(39,23(30,31)32)19-36-35-17(40-19)16-14(33)10-13(22(27,28)29)15(34-16)18(37)38/h10-12,39H,1-9,33H2/t11?,12?,20-/m1/s1. The third-order valence-corrected chi connectivity index (χ3v) is 7.31. The maximum atomic E-state index is 14.0. The number of nitrogen functional groups attached to an aromatic ring is 1. The van der Waals surface area contributed by atoms with Crippen molar-refractivity contribution in [3.8, 4) is 11.6 Å². The van der Waals surface area contributed by atoms with Crippen LogP contribution in [0.5, 0.6) is 0 Å². The second kappa shape index (κ2) is 10.4. The van der Waals surface area contributed by atoms with Gasteiger partial charge >= 0.3 is 18.5 Å². The number of aliphatic hydroxyl groups is 1. The summed E-state index contributed by atoms with van der Waals surface area (Å²) in [4.78, 5) is 18.3. The van der Waals surface area contributed by atoms with Crippen molar-refractivity contribution < 1.29 is 53.8 Å². The van der Waals surface area contributed by atoms with E-state index >= 15 is 0 Å². The molecule has 1 aliphatic heterocycles. The fraction of sp³-hybridized carbons (Fsp3) is 0.652. The molecule has 222 valence electrons. The Morgan fingerprint density at radius 3 is 2.17 bits per heavy atom. The predicted molar refractivity (Wildman–Crippen MR) is 118 cm³/mol. The lowest BCUT2D eigenvalue weighted by atomic mass is 9.84. The second-order valence-corrected chi connectivity index (χ2v) is 9.95. The van der Waals surface area contributed by atoms with Crippen molar-refractivity contribution in [2.75, 3.05) is 12.3 Å². The first-order valence-electron chi connectivity index (χ1n) is 12.3. The number of hydrogen-bond donors (Lipinski definition) is 2. The van der Waals surface area contributed by atoms with Crippen LogP contribution in [0.3, 0.4) is 0 Å². The highest BCUT2D eigenvalue weighted by atomic mass is 19.4. The summed E-state index contributed by atoms with van der Waals surface area (Å²) < 4.78 is 128. The van der Waals surface area contributed by atoms with Crippen molar-refractivity contribution in [3.05, 3.63) is 23.2 Å². The number of carbonyl (C=O) groups is 1. The third kappa shape index (κ3) is 5.69. The molecule has 3 N–H and O–H groups in total. The highest BCUT2D eigenvalue weighted by molar-refractivity contribution is 5.95. The van der Waals surface area contributed by atoms with Gasteiger partial charge in [0.2, 0.25) is 5.60 Å². The zero-order chi connectivity index (χ0) is 29.7. The lowest BCUT2D eigenvalue weighted by molar-refractivity contribution is -0.277. The smallest absolute Gasteiger partial charge is 0.416 e. The molecule has 2 aromatic heterocycles. The van der Waals surface area contributed by atoms with Gasteiger partial charge in [-0.1, -0.05) is 6.42 Å². The second-order valence-electron chi connectivity index (χ2n) is 9.95. The molecule has 0 spiro atoms. The summed E-state index contributed by atoms with van der Waals surface area (Å²) in [5.41, 5.74) is -2.09. The number of amides is 1. The van der Waals surface area contributed by atoms with Gasteiger partial charge in [-0.3, -0.25) is 4.79 Å². The van der Waals surface area contributed by atoms with Crippen LogP contribution in [0.15, 0.2) is 10.5 Å². The molecule has 3 heterocycles. The normalized spacial score (nSPS) is 25.6. The van der Waals surface area contributed by atoms with Gasteiger partial charge in [-0.25, -0.2) is 4.98 Å². The van der Waals surface area contributed by atoms with Crippen molar-refractivity contribution in [1.82, 2.24) is 20.1 Å². The number of halogens is 9. The molecule has 0 unspecified atom stereocenters. The number of hydrogen-bond acceptors (Lipinski definition) is 7. The summed E-state index contributed by atoms with van der Waals surface area (Å²) in [6.45, 7) is -0.262. The van der Waals surface area contributed by atoms with Crippen LogP contribution in [-0.2, 0) is 11.8 Å². The summed E-state index contributed by atoms with van der Waals surface area (Å²) in [5, 5.41) is 17.1. The third-order valence-electron chi connectivity index (χ3n) is 7.31. The van der Waals surface area contributed by atoms with Crippen LogP contribution in [0.4, 0.5) is 45.2 Å². The van der Waals surface area contributed by atoms with E-state index in [0.29, 0.717) is 6.07 Å². The molecule has 1 amide bonds. The fourth-order valence-electron chi connectivity index (χ4n) is 5.08. The number of nitrogens with two attached hydrogens (primary N) is 1. The largest absolute Gasteiger partial charge is 0.426 e. The minimum atomic E-state index is -5.27. The summed E-state index contributed by atoms with van der Waals surface area (Å²) in [6, 6.07) is -0.523. The van der Waals surface area contributed by atoms with Crippen molar-refractivity contribution >= 4 is 11.6 Å². The molecular weight excluding hydrogens is 565 g/mol. The van der Waals surface area contributed by atoms with Crippen LogP contribution in [0.2, 0.25) is 0 Å². The van der Waals surface area contributed by atoms with E-state index in [4.69, 9.17) is 10.2 Å². The Balaban J connectivity index is 1.81. The van der Waals surface area contributed by atoms with Gasteiger partial charge in [-0.15, -0.1) is 10.2 Å². The van der Waals surface area contributed by atoms with Crippen LogP contribution in [-0.4, -0.2) is 56.0 Å². The van der Waals surface area contributed by atoms with E-state index in [2.05, 4.69) is 15.2 Å². The van der Waals surface area contributed by atoms with Gasteiger partial charge in [0, 0.05) is 12.6 Å². The number of rotatable bonds is 1. The summed E-state index contributed by atoms with van der Waals surface area (Å²) in [7, 11) is 0. The van der Waals surface area contributed by atoms with Gasteiger partial charge in [-0.05, 0) is 51.0 Å². The first kappa shape index (κ1) is 29.9. The molecule has 0 aromatic carbocycles. The number of fused-ring (bicyclic) bond motifs is 5. The molecule has 1 saturated carbocycles. The summed E-state index contributed by atoms with van der Waals surface area (Å²) in [5.74, 6) is -5.00. The van der Waals surface area contributed by atoms with Crippen molar-refractivity contribution in [2.24, 2.45) is 5.92 Å². The Labute approximate surface area is 220 Å². The van der Waals surface area contributed by atoms with E-state index in [1.807, 2.05) is 0 Å². The van der Waals surface area contributed by atoms with Gasteiger partial charge in [0.25, 0.3) is 17.7 Å². The number of alkyl halides is 9. The SMILES string of the molecule is Nc1cc(C(F)(F)F)c2nc1-c1nnc(o1)[C@@](O)(C(F)(F)F)CCCCCN(C1CCC(C(F)(F)F)CC1)C2=O. The van der Waals surface area contributed by atoms with Crippen molar-refractivity contribution in [1.29, 1.82) is 0 Å². The highest BCUT2D eigenvalue weighted by Gasteiger charge is 2.58. The first-order valence-corrected chi connectivity index (χ1v) is 12.3. The predicted octanol–water partition coefficient (Wildman–Crippen LogP) is 5.62. The monoisotopic (exact) mass is 589 g/mol. The van der Waals surface area contributed by atoms with Crippen molar-refractivity contribution in [2.45, 2.75) is 81.5 Å². The topological polar surface area (TPSA) is 118 Å². The molecule has 2 aromatic rings. The summed E-state index contributed by atoms with van der Waals surface area (Å²) >= 11 is 0. The zero-order valence-electron chi connectivity index (χ0n) is 20.6. The molecule has 0 radical (unpaired) electrons. The van der Waals surface area contributed by atoms with Crippen LogP contribution >= 0.6 is 0 Å². The Kier molecular flexibility index (Phi) is 7.75. The minimum Gasteiger partial charge on any atom is -0.416 e. The Bertz CT molecular complexity index is 1240. The van der Waals surface area contributed by atoms with E-state index in [0.717, 1.165) is 4.90 Å². The van der Waals surface area contributed by atoms with E-state index in [9.17, 15) is 49.4 Å².